The number of benzene rings is 2. The Balaban J connectivity index is 1.41. The molecule has 1 fully saturated rings. The minimum absolute atomic E-state index is 0.219. The fourth-order valence-electron chi connectivity index (χ4n) is 3.84. The molecule has 2 aromatic heterocycles. The van der Waals surface area contributed by atoms with E-state index in [4.69, 9.17) is 10.7 Å². The van der Waals surface area contributed by atoms with Crippen LogP contribution in [0.15, 0.2) is 67.0 Å². The van der Waals surface area contributed by atoms with E-state index < -0.39 is 0 Å². The van der Waals surface area contributed by atoms with Crippen LogP contribution in [0, 0.1) is 5.82 Å². The summed E-state index contributed by atoms with van der Waals surface area (Å²) in [7, 11) is 0. The molecule has 1 aliphatic heterocycles. The molecule has 4 aromatic rings. The third-order valence-electron chi connectivity index (χ3n) is 5.37. The van der Waals surface area contributed by atoms with Crippen molar-refractivity contribution in [3.8, 4) is 11.3 Å². The van der Waals surface area contributed by atoms with E-state index in [2.05, 4.69) is 33.1 Å². The molecule has 0 aliphatic carbocycles. The summed E-state index contributed by atoms with van der Waals surface area (Å²) < 4.78 is 14.0. The molecule has 2 N–H and O–H groups in total. The van der Waals surface area contributed by atoms with Crippen molar-refractivity contribution in [1.82, 2.24) is 15.0 Å². The molecule has 0 bridgehead atoms. The van der Waals surface area contributed by atoms with Crippen molar-refractivity contribution in [3.05, 3.63) is 84.1 Å². The monoisotopic (exact) mass is 385 g/mol. The SMILES string of the molecule is NCc1cc(F)cc(-c2nccnc2C2CN(c3ccc4ccccc4n3)C2)c1. The molecule has 0 unspecified atom stereocenters. The van der Waals surface area contributed by atoms with E-state index in [0.29, 0.717) is 0 Å². The second-order valence-electron chi connectivity index (χ2n) is 7.31. The van der Waals surface area contributed by atoms with E-state index in [0.717, 1.165) is 52.3 Å². The quantitative estimate of drug-likeness (QED) is 0.577. The normalized spacial score (nSPS) is 14.2. The second kappa shape index (κ2) is 7.22. The van der Waals surface area contributed by atoms with E-state index in [1.54, 1.807) is 12.4 Å². The van der Waals surface area contributed by atoms with Crippen LogP contribution in [0.5, 0.6) is 0 Å². The maximum atomic E-state index is 14.0. The van der Waals surface area contributed by atoms with Crippen LogP contribution in [0.2, 0.25) is 0 Å². The number of hydrogen-bond donors (Lipinski definition) is 1. The van der Waals surface area contributed by atoms with Crippen molar-refractivity contribution in [1.29, 1.82) is 0 Å². The number of halogens is 1. The Labute approximate surface area is 168 Å². The second-order valence-corrected chi connectivity index (χ2v) is 7.31. The van der Waals surface area contributed by atoms with Crippen molar-refractivity contribution >= 4 is 16.7 Å². The van der Waals surface area contributed by atoms with Gasteiger partial charge in [-0.15, -0.1) is 0 Å². The van der Waals surface area contributed by atoms with E-state index in [-0.39, 0.29) is 18.3 Å². The summed E-state index contributed by atoms with van der Waals surface area (Å²) in [6.45, 7) is 1.89. The van der Waals surface area contributed by atoms with E-state index in [9.17, 15) is 4.39 Å². The van der Waals surface area contributed by atoms with Gasteiger partial charge in [-0.3, -0.25) is 9.97 Å². The maximum Gasteiger partial charge on any atom is 0.129 e. The first-order valence-corrected chi connectivity index (χ1v) is 9.63. The molecule has 0 spiro atoms. The highest BCUT2D eigenvalue weighted by atomic mass is 19.1. The summed E-state index contributed by atoms with van der Waals surface area (Å²) in [4.78, 5) is 16.1. The molecule has 0 radical (unpaired) electrons. The molecule has 2 aromatic carbocycles. The molecule has 1 saturated heterocycles. The Hall–Kier alpha value is -3.38. The van der Waals surface area contributed by atoms with Crippen molar-refractivity contribution in [2.45, 2.75) is 12.5 Å². The van der Waals surface area contributed by atoms with Gasteiger partial charge in [-0.1, -0.05) is 18.2 Å². The first kappa shape index (κ1) is 17.7. The Morgan fingerprint density at radius 1 is 1.00 bits per heavy atom. The summed E-state index contributed by atoms with van der Waals surface area (Å²) >= 11 is 0. The van der Waals surface area contributed by atoms with Crippen LogP contribution >= 0.6 is 0 Å². The van der Waals surface area contributed by atoms with Gasteiger partial charge < -0.3 is 10.6 Å². The molecule has 5 rings (SSSR count). The number of fused-ring (bicyclic) bond motifs is 1. The van der Waals surface area contributed by atoms with Crippen LogP contribution in [0.25, 0.3) is 22.2 Å². The van der Waals surface area contributed by atoms with Gasteiger partial charge in [-0.25, -0.2) is 9.37 Å². The lowest BCUT2D eigenvalue weighted by molar-refractivity contribution is 0.509. The third-order valence-corrected chi connectivity index (χ3v) is 5.37. The predicted octanol–water partition coefficient (Wildman–Crippen LogP) is 3.89. The summed E-state index contributed by atoms with van der Waals surface area (Å²) in [5.41, 5.74) is 9.76. The fraction of sp³-hybridized carbons (Fsp3) is 0.174. The molecular weight excluding hydrogens is 365 g/mol. The fourth-order valence-corrected chi connectivity index (χ4v) is 3.84. The highest BCUT2D eigenvalue weighted by Gasteiger charge is 2.32. The lowest BCUT2D eigenvalue weighted by atomic mass is 9.92. The molecule has 5 nitrogen and oxygen atoms in total. The lowest BCUT2D eigenvalue weighted by Crippen LogP contribution is -2.46. The predicted molar refractivity (Wildman–Crippen MR) is 112 cm³/mol. The maximum absolute atomic E-state index is 14.0. The van der Waals surface area contributed by atoms with Crippen molar-refractivity contribution in [3.63, 3.8) is 0 Å². The van der Waals surface area contributed by atoms with Gasteiger partial charge in [0.15, 0.2) is 0 Å². The first-order chi connectivity index (χ1) is 14.2. The van der Waals surface area contributed by atoms with Crippen LogP contribution < -0.4 is 10.6 Å². The summed E-state index contributed by atoms with van der Waals surface area (Å²) in [6.07, 6.45) is 3.34. The molecule has 144 valence electrons. The van der Waals surface area contributed by atoms with E-state index in [1.807, 2.05) is 24.3 Å². The minimum Gasteiger partial charge on any atom is -0.355 e. The van der Waals surface area contributed by atoms with E-state index in [1.165, 1.54) is 12.1 Å². The van der Waals surface area contributed by atoms with Gasteiger partial charge in [-0.05, 0) is 42.0 Å². The van der Waals surface area contributed by atoms with E-state index >= 15 is 0 Å². The Bertz CT molecular complexity index is 1190. The van der Waals surface area contributed by atoms with Crippen LogP contribution in [-0.4, -0.2) is 28.0 Å². The Kier molecular flexibility index (Phi) is 4.41. The summed E-state index contributed by atoms with van der Waals surface area (Å²) in [6, 6.07) is 17.1. The van der Waals surface area contributed by atoms with Crippen LogP contribution in [-0.2, 0) is 6.54 Å². The highest BCUT2D eigenvalue weighted by Crippen LogP contribution is 2.35. The molecule has 29 heavy (non-hydrogen) atoms. The molecule has 0 saturated carbocycles. The number of pyridine rings is 1. The average molecular weight is 385 g/mol. The average Bonchev–Trinajstić information content (AvgIpc) is 2.72. The van der Waals surface area contributed by atoms with Crippen molar-refractivity contribution in [2.75, 3.05) is 18.0 Å². The minimum atomic E-state index is -0.310. The van der Waals surface area contributed by atoms with Crippen LogP contribution in [0.1, 0.15) is 17.2 Å². The highest BCUT2D eigenvalue weighted by molar-refractivity contribution is 5.80. The number of rotatable bonds is 4. The molecule has 1 aliphatic rings. The van der Waals surface area contributed by atoms with Gasteiger partial charge in [0.25, 0.3) is 0 Å². The van der Waals surface area contributed by atoms with Crippen molar-refractivity contribution in [2.24, 2.45) is 5.73 Å². The van der Waals surface area contributed by atoms with Crippen LogP contribution in [0.3, 0.4) is 0 Å². The number of para-hydroxylation sites is 1. The zero-order valence-electron chi connectivity index (χ0n) is 15.8. The summed E-state index contributed by atoms with van der Waals surface area (Å²) in [5, 5.41) is 1.13. The zero-order chi connectivity index (χ0) is 19.8. The van der Waals surface area contributed by atoms with Gasteiger partial charge in [0.2, 0.25) is 0 Å². The molecule has 6 heteroatoms. The smallest absolute Gasteiger partial charge is 0.129 e. The number of nitrogens with zero attached hydrogens (tertiary/aromatic N) is 4. The van der Waals surface area contributed by atoms with Gasteiger partial charge in [-0.2, -0.15) is 0 Å². The molecule has 0 atom stereocenters. The van der Waals surface area contributed by atoms with Gasteiger partial charge in [0, 0.05) is 48.9 Å². The Morgan fingerprint density at radius 2 is 1.83 bits per heavy atom. The van der Waals surface area contributed by atoms with Gasteiger partial charge in [0.05, 0.1) is 16.9 Å². The first-order valence-electron chi connectivity index (χ1n) is 9.63. The van der Waals surface area contributed by atoms with Gasteiger partial charge >= 0.3 is 0 Å². The van der Waals surface area contributed by atoms with Crippen LogP contribution in [0.4, 0.5) is 10.2 Å². The summed E-state index contributed by atoms with van der Waals surface area (Å²) in [5.74, 6) is 0.869. The van der Waals surface area contributed by atoms with Crippen molar-refractivity contribution < 1.29 is 4.39 Å². The number of hydrogen-bond acceptors (Lipinski definition) is 5. The zero-order valence-corrected chi connectivity index (χ0v) is 15.8. The Morgan fingerprint density at radius 3 is 2.69 bits per heavy atom. The standard InChI is InChI=1S/C23H20FN5/c24-19-10-15(12-25)9-17(11-19)22-23(27-8-7-26-22)18-13-29(14-18)21-6-5-16-3-1-2-4-20(16)28-21/h1-11,18H,12-14,25H2. The van der Waals surface area contributed by atoms with Gasteiger partial charge in [0.1, 0.15) is 11.6 Å². The topological polar surface area (TPSA) is 67.9 Å². The molecule has 3 heterocycles. The third kappa shape index (κ3) is 3.32. The number of anilines is 1. The number of nitrogens with two attached hydrogens (primary N) is 1. The molecular formula is C23H20FN5. The largest absolute Gasteiger partial charge is 0.355 e. The lowest BCUT2D eigenvalue weighted by Gasteiger charge is -2.40. The number of aromatic nitrogens is 3. The molecule has 0 amide bonds.